The van der Waals surface area contributed by atoms with E-state index in [1.807, 2.05) is 23.3 Å². The molecular formula is C18H19N5O2S. The van der Waals surface area contributed by atoms with Gasteiger partial charge in [0.15, 0.2) is 10.8 Å². The Morgan fingerprint density at radius 1 is 1.15 bits per heavy atom. The summed E-state index contributed by atoms with van der Waals surface area (Å²) < 4.78 is 0. The predicted molar refractivity (Wildman–Crippen MR) is 102 cm³/mol. The Bertz CT molecular complexity index is 1010. The maximum Gasteiger partial charge on any atom is 0.275 e. The van der Waals surface area contributed by atoms with Crippen molar-refractivity contribution in [2.24, 2.45) is 0 Å². The van der Waals surface area contributed by atoms with Crippen LogP contribution in [-0.4, -0.2) is 52.2 Å². The van der Waals surface area contributed by atoms with Crippen LogP contribution in [0.4, 0.5) is 5.13 Å². The minimum Gasteiger partial charge on any atom is -0.346 e. The van der Waals surface area contributed by atoms with Crippen LogP contribution >= 0.6 is 11.3 Å². The van der Waals surface area contributed by atoms with Crippen molar-refractivity contribution in [1.82, 2.24) is 20.1 Å². The minimum absolute atomic E-state index is 0.144. The molecule has 1 aliphatic heterocycles. The number of anilines is 1. The van der Waals surface area contributed by atoms with E-state index in [0.29, 0.717) is 29.6 Å². The third kappa shape index (κ3) is 3.08. The number of nitrogens with zero attached hydrogens (tertiary/aromatic N) is 4. The summed E-state index contributed by atoms with van der Waals surface area (Å²) >= 11 is 1.63. The highest BCUT2D eigenvalue weighted by Crippen LogP contribution is 2.22. The first kappa shape index (κ1) is 16.7. The number of amides is 1. The molecule has 1 fully saturated rings. The molecule has 0 atom stereocenters. The fourth-order valence-corrected chi connectivity index (χ4v) is 4.08. The van der Waals surface area contributed by atoms with Crippen molar-refractivity contribution in [3.8, 4) is 0 Å². The zero-order valence-corrected chi connectivity index (χ0v) is 15.3. The Balaban J connectivity index is 1.58. The number of hydrogen-bond acceptors (Lipinski definition) is 6. The molecule has 0 saturated carbocycles. The molecule has 1 aromatic carbocycles. The van der Waals surface area contributed by atoms with Gasteiger partial charge in [-0.25, -0.2) is 10.1 Å². The second kappa shape index (κ2) is 6.87. The average Bonchev–Trinajstić information content (AvgIpc) is 2.94. The van der Waals surface area contributed by atoms with E-state index in [0.717, 1.165) is 30.3 Å². The first-order valence-corrected chi connectivity index (χ1v) is 9.45. The highest BCUT2D eigenvalue weighted by Gasteiger charge is 2.24. The zero-order valence-electron chi connectivity index (χ0n) is 14.4. The minimum atomic E-state index is -0.279. The number of hydrogen-bond donors (Lipinski definition) is 1. The average molecular weight is 369 g/mol. The summed E-state index contributed by atoms with van der Waals surface area (Å²) in [7, 11) is 0. The van der Waals surface area contributed by atoms with Gasteiger partial charge >= 0.3 is 0 Å². The van der Waals surface area contributed by atoms with Crippen LogP contribution in [0, 0.1) is 6.92 Å². The van der Waals surface area contributed by atoms with Gasteiger partial charge in [-0.15, -0.1) is 11.3 Å². The number of fused-ring (bicyclic) bond motifs is 1. The van der Waals surface area contributed by atoms with E-state index in [2.05, 4.69) is 20.1 Å². The number of aromatic nitrogens is 3. The molecule has 2 aromatic heterocycles. The van der Waals surface area contributed by atoms with Gasteiger partial charge in [0, 0.05) is 36.9 Å². The number of benzene rings is 1. The number of aromatic amines is 1. The Labute approximate surface area is 154 Å². The predicted octanol–water partition coefficient (Wildman–Crippen LogP) is 2.04. The second-order valence-electron chi connectivity index (χ2n) is 6.35. The van der Waals surface area contributed by atoms with Crippen molar-refractivity contribution in [3.63, 3.8) is 0 Å². The summed E-state index contributed by atoms with van der Waals surface area (Å²) in [5, 5.41) is 10.6. The number of carbonyl (C=O) groups is 1. The van der Waals surface area contributed by atoms with Gasteiger partial charge in [0.1, 0.15) is 0 Å². The van der Waals surface area contributed by atoms with Gasteiger partial charge in [-0.05, 0) is 19.4 Å². The van der Waals surface area contributed by atoms with Crippen molar-refractivity contribution in [2.45, 2.75) is 13.3 Å². The van der Waals surface area contributed by atoms with Gasteiger partial charge in [0.05, 0.1) is 11.1 Å². The van der Waals surface area contributed by atoms with Crippen LogP contribution in [0.1, 0.15) is 22.6 Å². The van der Waals surface area contributed by atoms with Crippen molar-refractivity contribution >= 4 is 33.1 Å². The highest BCUT2D eigenvalue weighted by atomic mass is 32.1. The molecule has 1 saturated heterocycles. The van der Waals surface area contributed by atoms with Gasteiger partial charge in [0.2, 0.25) is 0 Å². The standard InChI is InChI=1S/C18H19N5O2S/c1-12-11-26-18(19-12)23-8-4-7-22(9-10-23)17(25)15-13-5-2-3-6-14(13)16(24)21-20-15/h2-3,5-6,11H,4,7-10H2,1H3,(H,21,24). The lowest BCUT2D eigenvalue weighted by Gasteiger charge is -2.21. The molecule has 4 rings (SSSR count). The van der Waals surface area contributed by atoms with Crippen molar-refractivity contribution in [3.05, 3.63) is 51.4 Å². The van der Waals surface area contributed by atoms with E-state index < -0.39 is 0 Å². The molecule has 0 aliphatic carbocycles. The van der Waals surface area contributed by atoms with Crippen LogP contribution in [0.25, 0.3) is 10.8 Å². The van der Waals surface area contributed by atoms with E-state index in [4.69, 9.17) is 0 Å². The molecule has 1 aliphatic rings. The third-order valence-electron chi connectivity index (χ3n) is 4.56. The lowest BCUT2D eigenvalue weighted by molar-refractivity contribution is 0.0762. The monoisotopic (exact) mass is 369 g/mol. The first-order chi connectivity index (χ1) is 12.6. The van der Waals surface area contributed by atoms with Crippen molar-refractivity contribution in [2.75, 3.05) is 31.1 Å². The lowest BCUT2D eigenvalue weighted by Crippen LogP contribution is -2.36. The van der Waals surface area contributed by atoms with Gasteiger partial charge in [-0.2, -0.15) is 5.10 Å². The topological polar surface area (TPSA) is 82.2 Å². The molecule has 134 valence electrons. The number of nitrogens with one attached hydrogen (secondary N) is 1. The summed E-state index contributed by atoms with van der Waals surface area (Å²) in [6.45, 7) is 4.86. The van der Waals surface area contributed by atoms with Crippen LogP contribution in [0.3, 0.4) is 0 Å². The zero-order chi connectivity index (χ0) is 18.1. The molecule has 0 radical (unpaired) electrons. The summed E-state index contributed by atoms with van der Waals surface area (Å²) in [6.07, 6.45) is 0.867. The number of H-pyrrole nitrogens is 1. The SMILES string of the molecule is Cc1csc(N2CCCN(C(=O)c3n[nH]c(=O)c4ccccc34)CC2)n1. The van der Waals surface area contributed by atoms with Crippen LogP contribution in [-0.2, 0) is 0 Å². The largest absolute Gasteiger partial charge is 0.346 e. The van der Waals surface area contributed by atoms with Crippen molar-refractivity contribution in [1.29, 1.82) is 0 Å². The molecule has 26 heavy (non-hydrogen) atoms. The van der Waals surface area contributed by atoms with Crippen LogP contribution in [0.5, 0.6) is 0 Å². The molecule has 7 nitrogen and oxygen atoms in total. The quantitative estimate of drug-likeness (QED) is 0.747. The fourth-order valence-electron chi connectivity index (χ4n) is 3.23. The Morgan fingerprint density at radius 3 is 2.73 bits per heavy atom. The molecule has 8 heteroatoms. The molecule has 0 unspecified atom stereocenters. The molecular weight excluding hydrogens is 350 g/mol. The van der Waals surface area contributed by atoms with E-state index >= 15 is 0 Å². The van der Waals surface area contributed by atoms with Gasteiger partial charge in [-0.3, -0.25) is 9.59 Å². The molecule has 1 amide bonds. The first-order valence-electron chi connectivity index (χ1n) is 8.57. The maximum absolute atomic E-state index is 13.0. The fraction of sp³-hybridized carbons (Fsp3) is 0.333. The summed E-state index contributed by atoms with van der Waals surface area (Å²) in [4.78, 5) is 33.5. The highest BCUT2D eigenvalue weighted by molar-refractivity contribution is 7.13. The van der Waals surface area contributed by atoms with Gasteiger partial charge in [0.25, 0.3) is 11.5 Å². The summed E-state index contributed by atoms with van der Waals surface area (Å²) in [5.74, 6) is -0.144. The Kier molecular flexibility index (Phi) is 4.42. The van der Waals surface area contributed by atoms with E-state index in [1.54, 1.807) is 29.5 Å². The number of aryl methyl sites for hydroxylation is 1. The molecule has 0 bridgehead atoms. The Morgan fingerprint density at radius 2 is 1.96 bits per heavy atom. The van der Waals surface area contributed by atoms with E-state index in [1.165, 1.54) is 0 Å². The maximum atomic E-state index is 13.0. The molecule has 3 aromatic rings. The van der Waals surface area contributed by atoms with Gasteiger partial charge in [-0.1, -0.05) is 18.2 Å². The van der Waals surface area contributed by atoms with E-state index in [-0.39, 0.29) is 11.5 Å². The van der Waals surface area contributed by atoms with Crippen molar-refractivity contribution < 1.29 is 4.79 Å². The Hall–Kier alpha value is -2.74. The molecule has 1 N–H and O–H groups in total. The van der Waals surface area contributed by atoms with Crippen LogP contribution < -0.4 is 10.5 Å². The normalized spacial score (nSPS) is 15.3. The number of carbonyl (C=O) groups excluding carboxylic acids is 1. The summed E-state index contributed by atoms with van der Waals surface area (Å²) in [5.41, 5.74) is 1.04. The van der Waals surface area contributed by atoms with Crippen LogP contribution in [0.15, 0.2) is 34.4 Å². The third-order valence-corrected chi connectivity index (χ3v) is 5.58. The smallest absolute Gasteiger partial charge is 0.275 e. The number of rotatable bonds is 2. The molecule has 0 spiro atoms. The van der Waals surface area contributed by atoms with E-state index in [9.17, 15) is 9.59 Å². The summed E-state index contributed by atoms with van der Waals surface area (Å²) in [6, 6.07) is 7.08. The molecule has 3 heterocycles. The van der Waals surface area contributed by atoms with Gasteiger partial charge < -0.3 is 9.80 Å². The lowest BCUT2D eigenvalue weighted by atomic mass is 10.1. The number of thiazole rings is 1. The van der Waals surface area contributed by atoms with Crippen LogP contribution in [0.2, 0.25) is 0 Å². The second-order valence-corrected chi connectivity index (χ2v) is 7.19.